The number of aromatic carboxylic acids is 1. The molecule has 0 atom stereocenters. The van der Waals surface area contributed by atoms with Gasteiger partial charge in [-0.05, 0) is 53.6 Å². The molecule has 194 valence electrons. The van der Waals surface area contributed by atoms with Gasteiger partial charge >= 0.3 is 5.97 Å². The predicted octanol–water partition coefficient (Wildman–Crippen LogP) is 4.97. The normalized spacial score (nSPS) is 14.3. The van der Waals surface area contributed by atoms with E-state index < -0.39 is 35.2 Å². The number of halogens is 2. The van der Waals surface area contributed by atoms with Crippen molar-refractivity contribution in [3.8, 4) is 22.6 Å². The van der Waals surface area contributed by atoms with Crippen molar-refractivity contribution in [3.63, 3.8) is 0 Å². The monoisotopic (exact) mass is 556 g/mol. The lowest BCUT2D eigenvalue weighted by atomic mass is 10.0. The number of hydrogen-bond acceptors (Lipinski definition) is 7. The standard InChI is InChI=1S/C26H18F2N2O6S2/c27-18-5-2-14(11-19(18)28)17-9-13(1-6-20(17)31)10-22-24(34)30(26(37)38-22)8-7-23(33)29-15-3-4-16(25(35)36)21(32)12-15/h1-6,9-12,31-32H,7-8H2,(H,29,33)(H,35,36)/b22-10-. The van der Waals surface area contributed by atoms with Crippen LogP contribution in [0, 0.1) is 11.6 Å². The number of carboxylic acid groups (broad SMARTS) is 1. The predicted molar refractivity (Wildman–Crippen MR) is 142 cm³/mol. The van der Waals surface area contributed by atoms with Gasteiger partial charge in [-0.25, -0.2) is 13.6 Å². The summed E-state index contributed by atoms with van der Waals surface area (Å²) in [6, 6.07) is 11.3. The van der Waals surface area contributed by atoms with Crippen LogP contribution in [0.15, 0.2) is 59.5 Å². The van der Waals surface area contributed by atoms with Crippen LogP contribution >= 0.6 is 24.0 Å². The summed E-state index contributed by atoms with van der Waals surface area (Å²) >= 11 is 6.31. The Labute approximate surface area is 224 Å². The van der Waals surface area contributed by atoms with E-state index in [-0.39, 0.29) is 50.3 Å². The molecule has 1 aliphatic rings. The van der Waals surface area contributed by atoms with E-state index in [0.717, 1.165) is 36.0 Å². The maximum Gasteiger partial charge on any atom is 0.339 e. The molecule has 4 N–H and O–H groups in total. The maximum atomic E-state index is 13.7. The highest BCUT2D eigenvalue weighted by atomic mass is 32.2. The van der Waals surface area contributed by atoms with E-state index in [0.29, 0.717) is 5.56 Å². The molecule has 0 saturated carbocycles. The fourth-order valence-corrected chi connectivity index (χ4v) is 4.92. The SMILES string of the molecule is O=C(CCN1C(=O)/C(=C/c2ccc(O)c(-c3ccc(F)c(F)c3)c2)SC1=S)Nc1ccc(C(=O)O)c(O)c1. The van der Waals surface area contributed by atoms with E-state index in [2.05, 4.69) is 5.32 Å². The molecule has 0 aliphatic carbocycles. The number of hydrogen-bond donors (Lipinski definition) is 4. The van der Waals surface area contributed by atoms with Crippen molar-refractivity contribution in [2.45, 2.75) is 6.42 Å². The van der Waals surface area contributed by atoms with E-state index in [1.54, 1.807) is 6.07 Å². The number of phenols is 2. The Balaban J connectivity index is 1.44. The number of benzene rings is 3. The van der Waals surface area contributed by atoms with Gasteiger partial charge in [0, 0.05) is 30.3 Å². The first kappa shape index (κ1) is 26.8. The van der Waals surface area contributed by atoms with Crippen LogP contribution in [0.25, 0.3) is 17.2 Å². The molecule has 3 aromatic carbocycles. The molecule has 0 aromatic heterocycles. The number of nitrogens with one attached hydrogen (secondary N) is 1. The van der Waals surface area contributed by atoms with Gasteiger partial charge < -0.3 is 20.6 Å². The van der Waals surface area contributed by atoms with Crippen LogP contribution < -0.4 is 5.32 Å². The van der Waals surface area contributed by atoms with Crippen LogP contribution in [0.4, 0.5) is 14.5 Å². The second kappa shape index (κ2) is 11.0. The number of nitrogens with zero attached hydrogens (tertiary/aromatic N) is 1. The van der Waals surface area contributed by atoms with E-state index in [1.165, 1.54) is 35.2 Å². The van der Waals surface area contributed by atoms with E-state index in [1.807, 2.05) is 0 Å². The van der Waals surface area contributed by atoms with Crippen molar-refractivity contribution >= 4 is 57.8 Å². The highest BCUT2D eigenvalue weighted by Crippen LogP contribution is 2.35. The lowest BCUT2D eigenvalue weighted by Crippen LogP contribution is -2.31. The fourth-order valence-electron chi connectivity index (χ4n) is 3.61. The number of thioether (sulfide) groups is 1. The first-order valence-corrected chi connectivity index (χ1v) is 12.2. The molecule has 3 aromatic rings. The minimum atomic E-state index is -1.31. The number of rotatable bonds is 7. The number of anilines is 1. The highest BCUT2D eigenvalue weighted by Gasteiger charge is 2.32. The molecule has 12 heteroatoms. The topological polar surface area (TPSA) is 127 Å². The maximum absolute atomic E-state index is 13.7. The first-order valence-electron chi connectivity index (χ1n) is 10.9. The van der Waals surface area contributed by atoms with Crippen LogP contribution in [0.5, 0.6) is 11.5 Å². The number of carboxylic acids is 1. The van der Waals surface area contributed by atoms with Gasteiger partial charge in [0.15, 0.2) is 11.6 Å². The lowest BCUT2D eigenvalue weighted by molar-refractivity contribution is -0.122. The molecular formula is C26H18F2N2O6S2. The minimum Gasteiger partial charge on any atom is -0.507 e. The van der Waals surface area contributed by atoms with Gasteiger partial charge in [0.25, 0.3) is 5.91 Å². The summed E-state index contributed by atoms with van der Waals surface area (Å²) in [5, 5.41) is 31.5. The Morgan fingerprint density at radius 2 is 1.76 bits per heavy atom. The van der Waals surface area contributed by atoms with Crippen molar-refractivity contribution in [2.75, 3.05) is 11.9 Å². The zero-order chi connectivity index (χ0) is 27.6. The van der Waals surface area contributed by atoms with E-state index >= 15 is 0 Å². The Kier molecular flexibility index (Phi) is 7.74. The summed E-state index contributed by atoms with van der Waals surface area (Å²) < 4.78 is 27.2. The quantitative estimate of drug-likeness (QED) is 0.237. The molecular weight excluding hydrogens is 538 g/mol. The third kappa shape index (κ3) is 5.82. The summed E-state index contributed by atoms with van der Waals surface area (Å²) in [7, 11) is 0. The molecule has 0 unspecified atom stereocenters. The summed E-state index contributed by atoms with van der Waals surface area (Å²) in [6.45, 7) is -0.0251. The molecule has 38 heavy (non-hydrogen) atoms. The molecule has 1 heterocycles. The Morgan fingerprint density at radius 3 is 2.45 bits per heavy atom. The van der Waals surface area contributed by atoms with Crippen molar-refractivity contribution in [1.29, 1.82) is 0 Å². The van der Waals surface area contributed by atoms with Crippen LogP contribution in [0.1, 0.15) is 22.3 Å². The van der Waals surface area contributed by atoms with Crippen LogP contribution in [-0.2, 0) is 9.59 Å². The molecule has 4 rings (SSSR count). The molecule has 1 saturated heterocycles. The Hall–Kier alpha value is -4.29. The Bertz CT molecular complexity index is 1530. The van der Waals surface area contributed by atoms with Crippen molar-refractivity contribution < 1.29 is 38.5 Å². The van der Waals surface area contributed by atoms with Crippen LogP contribution in [0.2, 0.25) is 0 Å². The largest absolute Gasteiger partial charge is 0.507 e. The second-order valence-electron chi connectivity index (χ2n) is 8.07. The van der Waals surface area contributed by atoms with Gasteiger partial charge in [0.2, 0.25) is 5.91 Å². The van der Waals surface area contributed by atoms with Crippen molar-refractivity contribution in [1.82, 2.24) is 4.90 Å². The minimum absolute atomic E-state index is 0.0251. The van der Waals surface area contributed by atoms with Crippen LogP contribution in [-0.4, -0.2) is 48.9 Å². The molecule has 1 aliphatic heterocycles. The van der Waals surface area contributed by atoms with Crippen molar-refractivity contribution in [3.05, 3.63) is 82.3 Å². The number of aromatic hydroxyl groups is 2. The Morgan fingerprint density at radius 1 is 1.00 bits per heavy atom. The molecule has 0 spiro atoms. The van der Waals surface area contributed by atoms with Gasteiger partial charge in [-0.1, -0.05) is 36.1 Å². The number of phenolic OH excluding ortho intramolecular Hbond substituents is 1. The third-order valence-corrected chi connectivity index (χ3v) is 6.87. The average molecular weight is 557 g/mol. The fraction of sp³-hybridized carbons (Fsp3) is 0.0769. The van der Waals surface area contributed by atoms with Gasteiger partial charge in [-0.3, -0.25) is 14.5 Å². The number of carbonyl (C=O) groups excluding carboxylic acids is 2. The zero-order valence-corrected chi connectivity index (χ0v) is 20.9. The molecule has 1 fully saturated rings. The van der Waals surface area contributed by atoms with Gasteiger partial charge in [0.05, 0.1) is 4.91 Å². The first-order chi connectivity index (χ1) is 18.0. The smallest absolute Gasteiger partial charge is 0.339 e. The molecule has 8 nitrogen and oxygen atoms in total. The zero-order valence-electron chi connectivity index (χ0n) is 19.3. The van der Waals surface area contributed by atoms with E-state index in [4.69, 9.17) is 17.3 Å². The number of carbonyl (C=O) groups is 3. The highest BCUT2D eigenvalue weighted by molar-refractivity contribution is 8.26. The van der Waals surface area contributed by atoms with Crippen molar-refractivity contribution in [2.24, 2.45) is 0 Å². The second-order valence-corrected chi connectivity index (χ2v) is 9.75. The average Bonchev–Trinajstić information content (AvgIpc) is 3.12. The summed E-state index contributed by atoms with van der Waals surface area (Å²) in [5.74, 6) is -4.96. The van der Waals surface area contributed by atoms with Gasteiger partial charge in [0.1, 0.15) is 21.4 Å². The molecule has 0 radical (unpaired) electrons. The lowest BCUT2D eigenvalue weighted by Gasteiger charge is -2.14. The summed E-state index contributed by atoms with van der Waals surface area (Å²) in [5.41, 5.74) is 0.878. The van der Waals surface area contributed by atoms with Gasteiger partial charge in [-0.15, -0.1) is 0 Å². The summed E-state index contributed by atoms with van der Waals surface area (Å²) in [6.07, 6.45) is 1.41. The molecule has 0 bridgehead atoms. The third-order valence-electron chi connectivity index (χ3n) is 5.50. The summed E-state index contributed by atoms with van der Waals surface area (Å²) in [4.78, 5) is 37.8. The van der Waals surface area contributed by atoms with Crippen LogP contribution in [0.3, 0.4) is 0 Å². The van der Waals surface area contributed by atoms with E-state index in [9.17, 15) is 33.4 Å². The van der Waals surface area contributed by atoms with Gasteiger partial charge in [-0.2, -0.15) is 0 Å². The number of amides is 2. The molecule has 2 amide bonds. The number of thiocarbonyl (C=S) groups is 1.